The number of carboxylic acid groups (broad SMARTS) is 1. The Balaban J connectivity index is 2.17. The van der Waals surface area contributed by atoms with E-state index in [2.05, 4.69) is 10.3 Å². The van der Waals surface area contributed by atoms with Gasteiger partial charge in [-0.25, -0.2) is 9.78 Å². The van der Waals surface area contributed by atoms with Gasteiger partial charge in [-0.05, 0) is 19.9 Å². The van der Waals surface area contributed by atoms with E-state index < -0.39 is 5.97 Å². The van der Waals surface area contributed by atoms with Crippen LogP contribution in [0.3, 0.4) is 0 Å². The van der Waals surface area contributed by atoms with Gasteiger partial charge in [-0.1, -0.05) is 0 Å². The number of furan rings is 1. The molecule has 0 spiro atoms. The topological polar surface area (TPSA) is 75.4 Å². The molecule has 0 aliphatic rings. The standard InChI is InChI=1S/C10H10N2O3S/c1-5-6(2)16-10(11-5)12-8-4-3-7(15-8)9(13)14/h3-4H,1-2H3,(H,11,12)(H,13,14). The van der Waals surface area contributed by atoms with Crippen molar-refractivity contribution in [2.75, 3.05) is 5.32 Å². The normalized spacial score (nSPS) is 10.4. The van der Waals surface area contributed by atoms with Crippen molar-refractivity contribution in [1.29, 1.82) is 0 Å². The Hall–Kier alpha value is -1.82. The van der Waals surface area contributed by atoms with Crippen molar-refractivity contribution < 1.29 is 14.3 Å². The molecule has 16 heavy (non-hydrogen) atoms. The maximum atomic E-state index is 10.6. The molecule has 2 aromatic heterocycles. The van der Waals surface area contributed by atoms with Gasteiger partial charge in [-0.3, -0.25) is 0 Å². The fourth-order valence-corrected chi connectivity index (χ4v) is 1.97. The van der Waals surface area contributed by atoms with E-state index in [-0.39, 0.29) is 5.76 Å². The summed E-state index contributed by atoms with van der Waals surface area (Å²) in [5.41, 5.74) is 0.956. The molecule has 0 radical (unpaired) electrons. The summed E-state index contributed by atoms with van der Waals surface area (Å²) in [5, 5.41) is 12.3. The van der Waals surface area contributed by atoms with Crippen molar-refractivity contribution in [2.24, 2.45) is 0 Å². The highest BCUT2D eigenvalue weighted by Crippen LogP contribution is 2.25. The second kappa shape index (κ2) is 3.97. The highest BCUT2D eigenvalue weighted by atomic mass is 32.1. The fraction of sp³-hybridized carbons (Fsp3) is 0.200. The molecular weight excluding hydrogens is 228 g/mol. The molecule has 0 atom stereocenters. The van der Waals surface area contributed by atoms with Crippen LogP contribution < -0.4 is 5.32 Å². The van der Waals surface area contributed by atoms with Crippen molar-refractivity contribution in [2.45, 2.75) is 13.8 Å². The molecule has 2 rings (SSSR count). The number of rotatable bonds is 3. The summed E-state index contributed by atoms with van der Waals surface area (Å²) in [6, 6.07) is 2.97. The second-order valence-electron chi connectivity index (χ2n) is 3.25. The molecule has 0 aromatic carbocycles. The molecule has 0 aliphatic carbocycles. The number of hydrogen-bond acceptors (Lipinski definition) is 5. The van der Waals surface area contributed by atoms with E-state index in [9.17, 15) is 4.79 Å². The van der Waals surface area contributed by atoms with Crippen molar-refractivity contribution in [3.05, 3.63) is 28.5 Å². The van der Waals surface area contributed by atoms with Crippen LogP contribution in [0.5, 0.6) is 0 Å². The molecule has 84 valence electrons. The minimum Gasteiger partial charge on any atom is -0.475 e. The molecule has 0 saturated carbocycles. The van der Waals surface area contributed by atoms with Gasteiger partial charge in [0.25, 0.3) is 0 Å². The maximum Gasteiger partial charge on any atom is 0.371 e. The summed E-state index contributed by atoms with van der Waals surface area (Å²) in [6.07, 6.45) is 0. The van der Waals surface area contributed by atoms with E-state index in [1.165, 1.54) is 17.4 Å². The van der Waals surface area contributed by atoms with E-state index in [0.717, 1.165) is 10.6 Å². The first kappa shape index (κ1) is 10.7. The van der Waals surface area contributed by atoms with Crippen LogP contribution in [-0.4, -0.2) is 16.1 Å². The molecule has 0 saturated heterocycles. The van der Waals surface area contributed by atoms with Gasteiger partial charge < -0.3 is 14.8 Å². The number of aryl methyl sites for hydroxylation is 2. The van der Waals surface area contributed by atoms with Gasteiger partial charge in [-0.2, -0.15) is 0 Å². The fourth-order valence-electron chi connectivity index (χ4n) is 1.15. The average molecular weight is 238 g/mol. The highest BCUT2D eigenvalue weighted by molar-refractivity contribution is 7.15. The van der Waals surface area contributed by atoms with Crippen LogP contribution in [0.1, 0.15) is 21.1 Å². The number of carbonyl (C=O) groups is 1. The summed E-state index contributed by atoms with van der Waals surface area (Å²) in [6.45, 7) is 3.89. The van der Waals surface area contributed by atoms with Crippen molar-refractivity contribution in [3.8, 4) is 0 Å². The lowest BCUT2D eigenvalue weighted by Gasteiger charge is -1.95. The van der Waals surface area contributed by atoms with Crippen molar-refractivity contribution >= 4 is 28.3 Å². The first-order valence-corrected chi connectivity index (χ1v) is 5.42. The van der Waals surface area contributed by atoms with Gasteiger partial charge in [0.2, 0.25) is 5.76 Å². The minimum absolute atomic E-state index is 0.0903. The Morgan fingerprint density at radius 1 is 1.50 bits per heavy atom. The molecule has 0 unspecified atom stereocenters. The van der Waals surface area contributed by atoms with E-state index in [0.29, 0.717) is 11.0 Å². The van der Waals surface area contributed by atoms with Gasteiger partial charge in [0.15, 0.2) is 11.0 Å². The molecule has 0 bridgehead atoms. The molecule has 0 amide bonds. The second-order valence-corrected chi connectivity index (χ2v) is 4.46. The van der Waals surface area contributed by atoms with Crippen LogP contribution in [0.2, 0.25) is 0 Å². The van der Waals surface area contributed by atoms with Crippen molar-refractivity contribution in [1.82, 2.24) is 4.98 Å². The Morgan fingerprint density at radius 2 is 2.25 bits per heavy atom. The number of carboxylic acids is 1. The van der Waals surface area contributed by atoms with Gasteiger partial charge in [-0.15, -0.1) is 11.3 Å². The number of anilines is 2. The summed E-state index contributed by atoms with van der Waals surface area (Å²) >= 11 is 1.50. The molecule has 0 aliphatic heterocycles. The molecule has 2 heterocycles. The zero-order valence-electron chi connectivity index (χ0n) is 8.77. The Labute approximate surface area is 95.7 Å². The third-order valence-electron chi connectivity index (χ3n) is 2.08. The van der Waals surface area contributed by atoms with Crippen LogP contribution in [0.4, 0.5) is 11.0 Å². The van der Waals surface area contributed by atoms with E-state index in [1.807, 2.05) is 13.8 Å². The third-order valence-corrected chi connectivity index (χ3v) is 3.06. The SMILES string of the molecule is Cc1nc(Nc2ccc(C(=O)O)o2)sc1C. The van der Waals surface area contributed by atoms with Gasteiger partial charge in [0.1, 0.15) is 0 Å². The first-order valence-electron chi connectivity index (χ1n) is 4.60. The van der Waals surface area contributed by atoms with Gasteiger partial charge in [0, 0.05) is 10.9 Å². The van der Waals surface area contributed by atoms with E-state index in [1.54, 1.807) is 6.07 Å². The predicted molar refractivity (Wildman–Crippen MR) is 60.5 cm³/mol. The summed E-state index contributed by atoms with van der Waals surface area (Å²) in [7, 11) is 0. The smallest absolute Gasteiger partial charge is 0.371 e. The Kier molecular flexibility index (Phi) is 2.66. The minimum atomic E-state index is -1.08. The number of aromatic carboxylic acids is 1. The lowest BCUT2D eigenvalue weighted by molar-refractivity contribution is 0.0663. The summed E-state index contributed by atoms with van der Waals surface area (Å²) < 4.78 is 5.05. The lowest BCUT2D eigenvalue weighted by Crippen LogP contribution is -1.92. The summed E-state index contributed by atoms with van der Waals surface area (Å²) in [4.78, 5) is 16.0. The van der Waals surface area contributed by atoms with Gasteiger partial charge in [0.05, 0.1) is 5.69 Å². The zero-order valence-corrected chi connectivity index (χ0v) is 9.59. The molecular formula is C10H10N2O3S. The third kappa shape index (κ3) is 2.06. The largest absolute Gasteiger partial charge is 0.475 e. The highest BCUT2D eigenvalue weighted by Gasteiger charge is 2.10. The van der Waals surface area contributed by atoms with Crippen LogP contribution >= 0.6 is 11.3 Å². The number of nitrogens with one attached hydrogen (secondary N) is 1. The monoisotopic (exact) mass is 238 g/mol. The van der Waals surface area contributed by atoms with Gasteiger partial charge >= 0.3 is 5.97 Å². The maximum absolute atomic E-state index is 10.6. The number of thiazole rings is 1. The lowest BCUT2D eigenvalue weighted by atomic mass is 10.4. The van der Waals surface area contributed by atoms with E-state index >= 15 is 0 Å². The van der Waals surface area contributed by atoms with Crippen LogP contribution in [0.25, 0.3) is 0 Å². The van der Waals surface area contributed by atoms with Crippen LogP contribution in [-0.2, 0) is 0 Å². The Morgan fingerprint density at radius 3 is 2.75 bits per heavy atom. The number of nitrogens with zero attached hydrogens (tertiary/aromatic N) is 1. The molecule has 6 heteroatoms. The summed E-state index contributed by atoms with van der Waals surface area (Å²) in [5.74, 6) is -0.793. The predicted octanol–water partition coefficient (Wildman–Crippen LogP) is 2.79. The first-order chi connectivity index (χ1) is 7.56. The van der Waals surface area contributed by atoms with Crippen LogP contribution in [0.15, 0.2) is 16.5 Å². The Bertz CT molecular complexity index is 510. The molecule has 0 fully saturated rings. The quantitative estimate of drug-likeness (QED) is 0.859. The van der Waals surface area contributed by atoms with Crippen molar-refractivity contribution in [3.63, 3.8) is 0 Å². The average Bonchev–Trinajstić information content (AvgIpc) is 2.76. The molecule has 5 nitrogen and oxygen atoms in total. The zero-order chi connectivity index (χ0) is 11.7. The number of hydrogen-bond donors (Lipinski definition) is 2. The molecule has 2 aromatic rings. The molecule has 2 N–H and O–H groups in total. The van der Waals surface area contributed by atoms with Crippen LogP contribution in [0, 0.1) is 13.8 Å². The van der Waals surface area contributed by atoms with E-state index in [4.69, 9.17) is 9.52 Å². The number of aromatic nitrogens is 1.